The van der Waals surface area contributed by atoms with Gasteiger partial charge in [-0.05, 0) is 30.0 Å². The molecule has 0 aliphatic carbocycles. The summed E-state index contributed by atoms with van der Waals surface area (Å²) in [5.41, 5.74) is 0.794. The average molecular weight is 324 g/mol. The summed E-state index contributed by atoms with van der Waals surface area (Å²) in [6.07, 6.45) is 0.619. The molecule has 0 spiro atoms. The molecule has 0 saturated heterocycles. The number of hydrogen-bond acceptors (Lipinski definition) is 3. The normalized spacial score (nSPS) is 10.3. The molecule has 0 atom stereocenters. The predicted octanol–water partition coefficient (Wildman–Crippen LogP) is 3.18. The first-order valence-corrected chi connectivity index (χ1v) is 7.56. The molecule has 1 aromatic heterocycles. The van der Waals surface area contributed by atoms with Crippen molar-refractivity contribution in [3.63, 3.8) is 0 Å². The number of carbonyl (C=O) groups is 2. The minimum Gasteiger partial charge on any atom is -0.352 e. The number of rotatable bonds is 6. The Bertz CT molecular complexity index is 660. The van der Waals surface area contributed by atoms with Gasteiger partial charge in [0.15, 0.2) is 11.6 Å². The van der Waals surface area contributed by atoms with E-state index in [4.69, 9.17) is 0 Å². The highest BCUT2D eigenvalue weighted by molar-refractivity contribution is 7.08. The predicted molar refractivity (Wildman–Crippen MR) is 80.9 cm³/mol. The minimum atomic E-state index is -1.01. The lowest BCUT2D eigenvalue weighted by Gasteiger charge is -2.06. The molecule has 0 unspecified atom stereocenters. The number of hydrogen-bond donors (Lipinski definition) is 2. The van der Waals surface area contributed by atoms with Crippen LogP contribution in [0, 0.1) is 11.6 Å². The Hall–Kier alpha value is -2.28. The summed E-state index contributed by atoms with van der Waals surface area (Å²) in [4.78, 5) is 23.3. The lowest BCUT2D eigenvalue weighted by molar-refractivity contribution is -0.116. The molecule has 0 bridgehead atoms. The van der Waals surface area contributed by atoms with Gasteiger partial charge in [-0.3, -0.25) is 9.59 Å². The van der Waals surface area contributed by atoms with Crippen molar-refractivity contribution in [1.29, 1.82) is 0 Å². The van der Waals surface area contributed by atoms with Crippen molar-refractivity contribution in [2.24, 2.45) is 0 Å². The third-order valence-corrected chi connectivity index (χ3v) is 3.54. The Morgan fingerprint density at radius 2 is 1.95 bits per heavy atom. The quantitative estimate of drug-likeness (QED) is 0.802. The van der Waals surface area contributed by atoms with Crippen molar-refractivity contribution in [1.82, 2.24) is 5.32 Å². The third kappa shape index (κ3) is 4.63. The van der Waals surface area contributed by atoms with Crippen molar-refractivity contribution < 1.29 is 18.4 Å². The molecule has 2 N–H and O–H groups in total. The van der Waals surface area contributed by atoms with Gasteiger partial charge in [-0.1, -0.05) is 0 Å². The molecule has 2 aromatic rings. The fourth-order valence-electron chi connectivity index (χ4n) is 1.74. The Labute approximate surface area is 130 Å². The number of thiophene rings is 1. The molecule has 22 heavy (non-hydrogen) atoms. The van der Waals surface area contributed by atoms with Crippen molar-refractivity contribution in [3.05, 3.63) is 52.2 Å². The fraction of sp³-hybridized carbons (Fsp3) is 0.200. The van der Waals surface area contributed by atoms with Gasteiger partial charge in [-0.25, -0.2) is 8.78 Å². The highest BCUT2D eigenvalue weighted by atomic mass is 32.1. The van der Waals surface area contributed by atoms with E-state index in [9.17, 15) is 18.4 Å². The molecule has 0 aliphatic rings. The van der Waals surface area contributed by atoms with E-state index in [-0.39, 0.29) is 23.9 Å². The van der Waals surface area contributed by atoms with Crippen molar-refractivity contribution in [2.75, 3.05) is 11.9 Å². The molecule has 1 aromatic carbocycles. The number of benzene rings is 1. The van der Waals surface area contributed by atoms with Gasteiger partial charge in [-0.2, -0.15) is 11.3 Å². The van der Waals surface area contributed by atoms with E-state index in [1.54, 1.807) is 11.4 Å². The second-order valence-electron chi connectivity index (χ2n) is 4.55. The van der Waals surface area contributed by atoms with Crippen LogP contribution in [0.5, 0.6) is 0 Å². The summed E-state index contributed by atoms with van der Waals surface area (Å²) in [6.45, 7) is 0.361. The summed E-state index contributed by atoms with van der Waals surface area (Å²) in [7, 11) is 0. The van der Waals surface area contributed by atoms with Crippen LogP contribution >= 0.6 is 11.3 Å². The van der Waals surface area contributed by atoms with Crippen molar-refractivity contribution in [3.8, 4) is 0 Å². The summed E-state index contributed by atoms with van der Waals surface area (Å²) in [5, 5.41) is 8.72. The zero-order chi connectivity index (χ0) is 15.9. The van der Waals surface area contributed by atoms with Gasteiger partial charge in [0.05, 0.1) is 0 Å². The standard InChI is InChI=1S/C15H14F2N2O2S/c16-12-4-3-11(8-13(12)17)19-14(20)2-1-6-18-15(21)10-5-7-22-9-10/h3-5,7-9H,1-2,6H2,(H,18,21)(H,19,20). The molecule has 0 aliphatic heterocycles. The van der Waals surface area contributed by atoms with Crippen LogP contribution in [0.3, 0.4) is 0 Å². The molecular weight excluding hydrogens is 310 g/mol. The first-order chi connectivity index (χ1) is 10.6. The Morgan fingerprint density at radius 3 is 2.64 bits per heavy atom. The van der Waals surface area contributed by atoms with Gasteiger partial charge >= 0.3 is 0 Å². The van der Waals surface area contributed by atoms with Crippen LogP contribution in [0.15, 0.2) is 35.0 Å². The Balaban J connectivity index is 1.69. The topological polar surface area (TPSA) is 58.2 Å². The van der Waals surface area contributed by atoms with E-state index in [0.717, 1.165) is 12.1 Å². The van der Waals surface area contributed by atoms with Crippen molar-refractivity contribution >= 4 is 28.8 Å². The monoisotopic (exact) mass is 324 g/mol. The molecular formula is C15H14F2N2O2S. The highest BCUT2D eigenvalue weighted by Crippen LogP contribution is 2.13. The van der Waals surface area contributed by atoms with E-state index in [1.165, 1.54) is 17.4 Å². The van der Waals surface area contributed by atoms with Crippen LogP contribution in [-0.2, 0) is 4.79 Å². The molecule has 116 valence electrons. The number of carbonyl (C=O) groups excluding carboxylic acids is 2. The van der Waals surface area contributed by atoms with Gasteiger partial charge in [0, 0.05) is 35.7 Å². The largest absolute Gasteiger partial charge is 0.352 e. The Kier molecular flexibility index (Phi) is 5.60. The molecule has 2 amide bonds. The smallest absolute Gasteiger partial charge is 0.252 e. The second-order valence-corrected chi connectivity index (χ2v) is 5.33. The number of anilines is 1. The van der Waals surface area contributed by atoms with Gasteiger partial charge in [0.25, 0.3) is 5.91 Å². The van der Waals surface area contributed by atoms with Crippen LogP contribution in [0.4, 0.5) is 14.5 Å². The lowest BCUT2D eigenvalue weighted by Crippen LogP contribution is -2.25. The first kappa shape index (κ1) is 16.1. The third-order valence-electron chi connectivity index (χ3n) is 2.85. The molecule has 4 nitrogen and oxygen atoms in total. The SMILES string of the molecule is O=C(CCCNC(=O)c1ccsc1)Nc1ccc(F)c(F)c1. The van der Waals surface area contributed by atoms with Crippen LogP contribution in [-0.4, -0.2) is 18.4 Å². The first-order valence-electron chi connectivity index (χ1n) is 6.61. The molecule has 2 rings (SSSR count). The van der Waals surface area contributed by atoms with E-state index in [2.05, 4.69) is 10.6 Å². The Morgan fingerprint density at radius 1 is 1.14 bits per heavy atom. The summed E-state index contributed by atoms with van der Waals surface area (Å²) in [6, 6.07) is 4.88. The molecule has 0 fully saturated rings. The fourth-order valence-corrected chi connectivity index (χ4v) is 2.38. The van der Waals surface area contributed by atoms with E-state index in [1.807, 2.05) is 5.38 Å². The van der Waals surface area contributed by atoms with Gasteiger partial charge in [0.1, 0.15) is 0 Å². The van der Waals surface area contributed by atoms with Gasteiger partial charge < -0.3 is 10.6 Å². The molecule has 7 heteroatoms. The average Bonchev–Trinajstić information content (AvgIpc) is 3.01. The second kappa shape index (κ2) is 7.65. The van der Waals surface area contributed by atoms with Crippen molar-refractivity contribution in [2.45, 2.75) is 12.8 Å². The van der Waals surface area contributed by atoms with Gasteiger partial charge in [-0.15, -0.1) is 0 Å². The maximum atomic E-state index is 13.0. The van der Waals surface area contributed by atoms with E-state index in [0.29, 0.717) is 18.5 Å². The van der Waals surface area contributed by atoms with Crippen LogP contribution in [0.2, 0.25) is 0 Å². The highest BCUT2D eigenvalue weighted by Gasteiger charge is 2.07. The number of halogens is 2. The summed E-state index contributed by atoms with van der Waals surface area (Å²) >= 11 is 1.43. The maximum Gasteiger partial charge on any atom is 0.252 e. The van der Waals surface area contributed by atoms with Crippen LogP contribution < -0.4 is 10.6 Å². The summed E-state index contributed by atoms with van der Waals surface area (Å²) in [5.74, 6) is -2.48. The van der Waals surface area contributed by atoms with Crippen LogP contribution in [0.25, 0.3) is 0 Å². The zero-order valence-corrected chi connectivity index (χ0v) is 12.4. The number of nitrogens with one attached hydrogen (secondary N) is 2. The molecule has 1 heterocycles. The van der Waals surface area contributed by atoms with Gasteiger partial charge in [0.2, 0.25) is 5.91 Å². The van der Waals surface area contributed by atoms with Crippen LogP contribution in [0.1, 0.15) is 23.2 Å². The van der Waals surface area contributed by atoms with E-state index >= 15 is 0 Å². The maximum absolute atomic E-state index is 13.0. The van der Waals surface area contributed by atoms with E-state index < -0.39 is 11.6 Å². The lowest BCUT2D eigenvalue weighted by atomic mass is 10.2. The molecule has 0 radical (unpaired) electrons. The number of amides is 2. The summed E-state index contributed by atoms with van der Waals surface area (Å²) < 4.78 is 25.7. The molecule has 0 saturated carbocycles. The minimum absolute atomic E-state index is 0.170. The zero-order valence-electron chi connectivity index (χ0n) is 11.6.